The molecule has 0 fully saturated rings. The van der Waals surface area contributed by atoms with Gasteiger partial charge in [-0.05, 0) is 13.8 Å². The fourth-order valence-electron chi connectivity index (χ4n) is 0.0680. The molecule has 64 valence electrons. The highest BCUT2D eigenvalue weighted by atomic mass is 16.5. The Hall–Kier alpha value is -1.24. The van der Waals surface area contributed by atoms with Gasteiger partial charge < -0.3 is 4.74 Å². The molecular weight excluding hydrogens is 136 g/mol. The lowest BCUT2D eigenvalue weighted by Gasteiger charge is -1.76. The molecule has 0 atom stereocenters. The standard InChI is InChI=1S/C4H6O.2C3H6/c1-3-5-4-2;2*1-3-2/h3-4H,1-2H2;2*3H,1H2,2H3. The summed E-state index contributed by atoms with van der Waals surface area (Å²) in [7, 11) is 0. The number of allylic oxidation sites excluding steroid dienone is 2. The molecule has 0 saturated carbocycles. The predicted molar refractivity (Wildman–Crippen MR) is 53.2 cm³/mol. The zero-order chi connectivity index (χ0) is 9.54. The van der Waals surface area contributed by atoms with Gasteiger partial charge in [-0.1, -0.05) is 25.3 Å². The van der Waals surface area contributed by atoms with Crippen LogP contribution in [0.4, 0.5) is 0 Å². The molecule has 0 radical (unpaired) electrons. The van der Waals surface area contributed by atoms with Crippen molar-refractivity contribution < 1.29 is 4.74 Å². The third-order valence-corrected chi connectivity index (χ3v) is 0.192. The molecule has 1 nitrogen and oxygen atoms in total. The topological polar surface area (TPSA) is 9.23 Å². The lowest BCUT2D eigenvalue weighted by molar-refractivity contribution is 0.406. The van der Waals surface area contributed by atoms with Crippen LogP contribution in [0.1, 0.15) is 13.8 Å². The molecule has 0 rings (SSSR count). The summed E-state index contributed by atoms with van der Waals surface area (Å²) < 4.78 is 4.36. The lowest BCUT2D eigenvalue weighted by Crippen LogP contribution is -1.52. The Kier molecular flexibility index (Phi) is 55.6. The normalized spacial score (nSPS) is 4.91. The van der Waals surface area contributed by atoms with E-state index in [1.165, 1.54) is 12.5 Å². The van der Waals surface area contributed by atoms with Gasteiger partial charge in [-0.3, -0.25) is 0 Å². The summed E-state index contributed by atoms with van der Waals surface area (Å²) in [5.41, 5.74) is 0. The van der Waals surface area contributed by atoms with Crippen LogP contribution in [0, 0.1) is 0 Å². The molecule has 0 N–H and O–H groups in total. The molecule has 11 heavy (non-hydrogen) atoms. The van der Waals surface area contributed by atoms with Crippen LogP contribution < -0.4 is 0 Å². The molecule has 1 heteroatoms. The molecule has 0 spiro atoms. The van der Waals surface area contributed by atoms with Crippen molar-refractivity contribution in [3.8, 4) is 0 Å². The van der Waals surface area contributed by atoms with E-state index in [9.17, 15) is 0 Å². The van der Waals surface area contributed by atoms with Gasteiger partial charge in [0.15, 0.2) is 0 Å². The Morgan fingerprint density at radius 1 is 0.818 bits per heavy atom. The van der Waals surface area contributed by atoms with Crippen molar-refractivity contribution in [3.63, 3.8) is 0 Å². The van der Waals surface area contributed by atoms with E-state index in [4.69, 9.17) is 0 Å². The first-order valence-corrected chi connectivity index (χ1v) is 3.26. The summed E-state index contributed by atoms with van der Waals surface area (Å²) >= 11 is 0. The third kappa shape index (κ3) is 693. The maximum Gasteiger partial charge on any atom is 0.0829 e. The zero-order valence-corrected chi connectivity index (χ0v) is 7.55. The van der Waals surface area contributed by atoms with E-state index in [1.54, 1.807) is 12.2 Å². The molecule has 0 aliphatic rings. The minimum Gasteiger partial charge on any atom is -0.474 e. The Morgan fingerprint density at radius 2 is 1.00 bits per heavy atom. The second kappa shape index (κ2) is 37.3. The first-order valence-electron chi connectivity index (χ1n) is 3.26. The van der Waals surface area contributed by atoms with Crippen molar-refractivity contribution in [1.29, 1.82) is 0 Å². The van der Waals surface area contributed by atoms with Gasteiger partial charge in [-0.15, -0.1) is 13.2 Å². The summed E-state index contributed by atoms with van der Waals surface area (Å²) in [4.78, 5) is 0. The van der Waals surface area contributed by atoms with Crippen LogP contribution in [0.15, 0.2) is 51.0 Å². The Morgan fingerprint density at radius 3 is 1.00 bits per heavy atom. The maximum absolute atomic E-state index is 4.36. The number of rotatable bonds is 2. The quantitative estimate of drug-likeness (QED) is 0.435. The van der Waals surface area contributed by atoms with Gasteiger partial charge in [0.05, 0.1) is 12.5 Å². The fraction of sp³-hybridized carbons (Fsp3) is 0.200. The highest BCUT2D eigenvalue weighted by Crippen LogP contribution is 1.65. The molecule has 0 aromatic carbocycles. The van der Waals surface area contributed by atoms with Gasteiger partial charge >= 0.3 is 0 Å². The molecular formula is C10H18O. The Bertz CT molecular complexity index is 81.0. The van der Waals surface area contributed by atoms with Crippen LogP contribution in [0.25, 0.3) is 0 Å². The summed E-state index contributed by atoms with van der Waals surface area (Å²) in [6.45, 7) is 17.0. The van der Waals surface area contributed by atoms with Crippen molar-refractivity contribution >= 4 is 0 Å². The molecule has 0 amide bonds. The summed E-state index contributed by atoms with van der Waals surface area (Å²) in [5, 5.41) is 0. The summed E-state index contributed by atoms with van der Waals surface area (Å²) in [6, 6.07) is 0. The second-order valence-electron chi connectivity index (χ2n) is 1.29. The number of hydrogen-bond donors (Lipinski definition) is 0. The van der Waals surface area contributed by atoms with E-state index in [0.717, 1.165) is 0 Å². The largest absolute Gasteiger partial charge is 0.474 e. The highest BCUT2D eigenvalue weighted by molar-refractivity contribution is 4.57. The molecule has 0 aliphatic carbocycles. The third-order valence-electron chi connectivity index (χ3n) is 0.192. The minimum atomic E-state index is 1.31. The van der Waals surface area contributed by atoms with E-state index in [-0.39, 0.29) is 0 Å². The van der Waals surface area contributed by atoms with Crippen molar-refractivity contribution in [3.05, 3.63) is 51.0 Å². The van der Waals surface area contributed by atoms with Crippen LogP contribution >= 0.6 is 0 Å². The SMILES string of the molecule is C=CC.C=CC.C=COC=C. The minimum absolute atomic E-state index is 1.31. The average molecular weight is 154 g/mol. The first-order chi connectivity index (χ1) is 5.24. The smallest absolute Gasteiger partial charge is 0.0829 e. The monoisotopic (exact) mass is 154 g/mol. The molecule has 0 heterocycles. The zero-order valence-electron chi connectivity index (χ0n) is 7.55. The Labute approximate surface area is 70.4 Å². The molecule has 0 bridgehead atoms. The lowest BCUT2D eigenvalue weighted by atomic mass is 10.8. The first kappa shape index (κ1) is 16.4. The van der Waals surface area contributed by atoms with Crippen molar-refractivity contribution in [2.75, 3.05) is 0 Å². The van der Waals surface area contributed by atoms with E-state index >= 15 is 0 Å². The molecule has 0 aliphatic heterocycles. The second-order valence-corrected chi connectivity index (χ2v) is 1.29. The molecule has 0 aromatic rings. The Balaban J connectivity index is -0.0000000933. The van der Waals surface area contributed by atoms with E-state index in [1.807, 2.05) is 13.8 Å². The van der Waals surface area contributed by atoms with Gasteiger partial charge in [0.2, 0.25) is 0 Å². The summed E-state index contributed by atoms with van der Waals surface area (Å²) in [6.07, 6.45) is 6.12. The fourth-order valence-corrected chi connectivity index (χ4v) is 0.0680. The number of ether oxygens (including phenoxy) is 1. The van der Waals surface area contributed by atoms with Crippen molar-refractivity contribution in [1.82, 2.24) is 0 Å². The summed E-state index contributed by atoms with van der Waals surface area (Å²) in [5.74, 6) is 0. The van der Waals surface area contributed by atoms with Crippen LogP contribution in [-0.4, -0.2) is 0 Å². The average Bonchev–Trinajstić information content (AvgIpc) is 1.92. The van der Waals surface area contributed by atoms with Gasteiger partial charge in [0.1, 0.15) is 0 Å². The maximum atomic E-state index is 4.36. The van der Waals surface area contributed by atoms with Crippen LogP contribution in [0.3, 0.4) is 0 Å². The molecule has 0 aromatic heterocycles. The van der Waals surface area contributed by atoms with E-state index < -0.39 is 0 Å². The molecule has 0 saturated heterocycles. The van der Waals surface area contributed by atoms with Crippen LogP contribution in [-0.2, 0) is 4.74 Å². The molecule has 0 unspecified atom stereocenters. The predicted octanol–water partition coefficient (Wildman–Crippen LogP) is 3.67. The van der Waals surface area contributed by atoms with Crippen molar-refractivity contribution in [2.45, 2.75) is 13.8 Å². The van der Waals surface area contributed by atoms with Gasteiger partial charge in [0, 0.05) is 0 Å². The van der Waals surface area contributed by atoms with Crippen LogP contribution in [0.5, 0.6) is 0 Å². The van der Waals surface area contributed by atoms with E-state index in [0.29, 0.717) is 0 Å². The van der Waals surface area contributed by atoms with Gasteiger partial charge in [-0.2, -0.15) is 0 Å². The number of hydrogen-bond acceptors (Lipinski definition) is 1. The van der Waals surface area contributed by atoms with E-state index in [2.05, 4.69) is 31.1 Å². The van der Waals surface area contributed by atoms with Gasteiger partial charge in [-0.25, -0.2) is 0 Å². The van der Waals surface area contributed by atoms with Gasteiger partial charge in [0.25, 0.3) is 0 Å². The van der Waals surface area contributed by atoms with Crippen molar-refractivity contribution in [2.24, 2.45) is 0 Å². The van der Waals surface area contributed by atoms with Crippen LogP contribution in [0.2, 0.25) is 0 Å². The highest BCUT2D eigenvalue weighted by Gasteiger charge is 1.45.